The SMILES string of the molecule is C[C@]1([Si](C)(C)c2ccccc2)CC[C@H]2C3=C(C=C[C@]2(O)C1)C(=O)c1c(O)cccc1C3=O. The van der Waals surface area contributed by atoms with Crippen molar-refractivity contribution in [1.82, 2.24) is 0 Å². The monoisotopic (exact) mass is 444 g/mol. The first-order valence-electron chi connectivity index (χ1n) is 11.2. The molecular formula is C27H28O4Si. The number of Topliss-reactive ketones (excluding diaryl/α,β-unsaturated/α-hetero) is 2. The molecule has 0 spiro atoms. The lowest BCUT2D eigenvalue weighted by Crippen LogP contribution is -2.58. The molecule has 0 bridgehead atoms. The van der Waals surface area contributed by atoms with E-state index in [1.807, 2.05) is 6.07 Å². The van der Waals surface area contributed by atoms with Crippen LogP contribution < -0.4 is 5.19 Å². The minimum absolute atomic E-state index is 0.0695. The molecule has 3 atom stereocenters. The quantitative estimate of drug-likeness (QED) is 0.667. The number of phenolic OH excluding ortho intramolecular Hbond substituents is 1. The number of allylic oxidation sites excluding steroid dienone is 2. The third-order valence-electron chi connectivity index (χ3n) is 8.45. The Morgan fingerprint density at radius 2 is 1.72 bits per heavy atom. The second kappa shape index (κ2) is 6.87. The number of aliphatic hydroxyl groups is 1. The van der Waals surface area contributed by atoms with E-state index >= 15 is 0 Å². The zero-order chi connectivity index (χ0) is 22.9. The minimum Gasteiger partial charge on any atom is -0.507 e. The number of hydrogen-bond donors (Lipinski definition) is 2. The van der Waals surface area contributed by atoms with Crippen molar-refractivity contribution in [3.63, 3.8) is 0 Å². The van der Waals surface area contributed by atoms with Crippen LogP contribution in [0.5, 0.6) is 5.75 Å². The van der Waals surface area contributed by atoms with Gasteiger partial charge in [-0.2, -0.15) is 0 Å². The number of fused-ring (bicyclic) bond motifs is 3. The normalized spacial score (nSPS) is 29.4. The molecule has 0 saturated heterocycles. The summed E-state index contributed by atoms with van der Waals surface area (Å²) < 4.78 is 0. The lowest BCUT2D eigenvalue weighted by molar-refractivity contribution is -0.00689. The summed E-state index contributed by atoms with van der Waals surface area (Å²) in [4.78, 5) is 26.6. The van der Waals surface area contributed by atoms with E-state index in [1.54, 1.807) is 24.3 Å². The van der Waals surface area contributed by atoms with Crippen LogP contribution in [0.4, 0.5) is 0 Å². The first-order chi connectivity index (χ1) is 15.1. The molecule has 2 aromatic rings. The Kier molecular flexibility index (Phi) is 4.53. The van der Waals surface area contributed by atoms with Crippen LogP contribution in [0.1, 0.15) is 46.9 Å². The van der Waals surface area contributed by atoms with Gasteiger partial charge in [0.2, 0.25) is 0 Å². The Bertz CT molecular complexity index is 1210. The molecule has 2 aromatic carbocycles. The summed E-state index contributed by atoms with van der Waals surface area (Å²) in [6, 6.07) is 15.2. The van der Waals surface area contributed by atoms with E-state index in [0.29, 0.717) is 24.0 Å². The Labute approximate surface area is 189 Å². The first-order valence-corrected chi connectivity index (χ1v) is 14.2. The standard InChI is InChI=1S/C27H28O4Si/c1-26(32(2,3)17-8-5-4-6-9-17)14-13-20-22-19(12-15-27(20,31)16-26)25(30)23-18(24(22)29)10-7-11-21(23)28/h4-12,15,20,28,31H,13-14,16H2,1-3H3/t20-,26-,27-/m0/s1. The number of aromatic hydroxyl groups is 1. The third kappa shape index (κ3) is 2.77. The maximum absolute atomic E-state index is 13.5. The Hall–Kier alpha value is -2.76. The van der Waals surface area contributed by atoms with Crippen molar-refractivity contribution >= 4 is 24.8 Å². The van der Waals surface area contributed by atoms with E-state index in [-0.39, 0.29) is 33.5 Å². The summed E-state index contributed by atoms with van der Waals surface area (Å²) in [7, 11) is -1.96. The Morgan fingerprint density at radius 3 is 2.44 bits per heavy atom. The van der Waals surface area contributed by atoms with E-state index in [2.05, 4.69) is 44.3 Å². The highest BCUT2D eigenvalue weighted by Crippen LogP contribution is 2.58. The van der Waals surface area contributed by atoms with Gasteiger partial charge in [-0.25, -0.2) is 0 Å². The van der Waals surface area contributed by atoms with E-state index < -0.39 is 19.6 Å². The lowest BCUT2D eigenvalue weighted by Gasteiger charge is -2.54. The van der Waals surface area contributed by atoms with Crippen LogP contribution in [-0.4, -0.2) is 35.5 Å². The van der Waals surface area contributed by atoms with E-state index in [1.165, 1.54) is 11.3 Å². The van der Waals surface area contributed by atoms with Gasteiger partial charge in [0.05, 0.1) is 19.2 Å². The smallest absolute Gasteiger partial charge is 0.197 e. The number of hydrogen-bond acceptors (Lipinski definition) is 4. The second-order valence-electron chi connectivity index (χ2n) is 10.3. The summed E-state index contributed by atoms with van der Waals surface area (Å²) in [5.41, 5.74) is -0.126. The van der Waals surface area contributed by atoms with Crippen LogP contribution in [0.2, 0.25) is 18.1 Å². The predicted molar refractivity (Wildman–Crippen MR) is 127 cm³/mol. The van der Waals surface area contributed by atoms with Gasteiger partial charge in [-0.15, -0.1) is 0 Å². The number of phenols is 1. The topological polar surface area (TPSA) is 74.6 Å². The predicted octanol–water partition coefficient (Wildman–Crippen LogP) is 4.54. The molecule has 2 N–H and O–H groups in total. The van der Waals surface area contributed by atoms with Crippen LogP contribution in [-0.2, 0) is 0 Å². The molecule has 0 unspecified atom stereocenters. The van der Waals surface area contributed by atoms with Gasteiger partial charge in [0, 0.05) is 22.6 Å². The summed E-state index contributed by atoms with van der Waals surface area (Å²) in [5, 5.41) is 23.4. The minimum atomic E-state index is -1.96. The molecule has 3 aliphatic rings. The molecule has 3 aliphatic carbocycles. The largest absolute Gasteiger partial charge is 0.507 e. The van der Waals surface area contributed by atoms with Gasteiger partial charge in [-0.3, -0.25) is 9.59 Å². The van der Waals surface area contributed by atoms with Crippen molar-refractivity contribution in [2.24, 2.45) is 5.92 Å². The lowest BCUT2D eigenvalue weighted by atomic mass is 9.61. The summed E-state index contributed by atoms with van der Waals surface area (Å²) in [5.74, 6) is -1.17. The molecule has 1 saturated carbocycles. The van der Waals surface area contributed by atoms with Gasteiger partial charge in [-0.1, -0.05) is 79.8 Å². The van der Waals surface area contributed by atoms with Crippen LogP contribution in [0.25, 0.3) is 0 Å². The van der Waals surface area contributed by atoms with Crippen molar-refractivity contribution in [1.29, 1.82) is 0 Å². The van der Waals surface area contributed by atoms with Crippen molar-refractivity contribution in [2.45, 2.75) is 49.9 Å². The molecule has 0 radical (unpaired) electrons. The van der Waals surface area contributed by atoms with Gasteiger partial charge in [0.25, 0.3) is 0 Å². The first kappa shape index (κ1) is 21.1. The van der Waals surface area contributed by atoms with Crippen LogP contribution >= 0.6 is 0 Å². The second-order valence-corrected chi connectivity index (χ2v) is 15.4. The summed E-state index contributed by atoms with van der Waals surface area (Å²) in [6.07, 6.45) is 5.43. The fourth-order valence-corrected chi connectivity index (χ4v) is 9.30. The molecule has 0 amide bonds. The number of rotatable bonds is 2. The molecule has 32 heavy (non-hydrogen) atoms. The van der Waals surface area contributed by atoms with Gasteiger partial charge in [0.15, 0.2) is 11.6 Å². The Morgan fingerprint density at radius 1 is 1.00 bits per heavy atom. The highest BCUT2D eigenvalue weighted by Gasteiger charge is 2.57. The molecular weight excluding hydrogens is 416 g/mol. The number of benzene rings is 2. The maximum Gasteiger partial charge on any atom is 0.197 e. The zero-order valence-electron chi connectivity index (χ0n) is 18.7. The van der Waals surface area contributed by atoms with Crippen molar-refractivity contribution in [2.75, 3.05) is 0 Å². The average Bonchev–Trinajstić information content (AvgIpc) is 2.76. The molecule has 0 aromatic heterocycles. The molecule has 0 aliphatic heterocycles. The molecule has 1 fully saturated rings. The number of ketones is 2. The van der Waals surface area contributed by atoms with E-state index in [4.69, 9.17) is 0 Å². The highest BCUT2D eigenvalue weighted by molar-refractivity contribution is 6.92. The molecule has 5 rings (SSSR count). The summed E-state index contributed by atoms with van der Waals surface area (Å²) >= 11 is 0. The van der Waals surface area contributed by atoms with Crippen molar-refractivity contribution < 1.29 is 19.8 Å². The van der Waals surface area contributed by atoms with Crippen molar-refractivity contribution in [3.05, 3.63) is 83.0 Å². The van der Waals surface area contributed by atoms with Crippen LogP contribution in [0.3, 0.4) is 0 Å². The maximum atomic E-state index is 13.5. The van der Waals surface area contributed by atoms with E-state index in [9.17, 15) is 19.8 Å². The number of carbonyl (C=O) groups is 2. The van der Waals surface area contributed by atoms with E-state index in [0.717, 1.165) is 6.42 Å². The third-order valence-corrected chi connectivity index (χ3v) is 13.7. The summed E-state index contributed by atoms with van der Waals surface area (Å²) in [6.45, 7) is 6.99. The fourth-order valence-electron chi connectivity index (χ4n) is 6.09. The van der Waals surface area contributed by atoms with Gasteiger partial charge in [-0.05, 0) is 30.4 Å². The zero-order valence-corrected chi connectivity index (χ0v) is 19.7. The van der Waals surface area contributed by atoms with Crippen LogP contribution in [0.15, 0.2) is 71.8 Å². The van der Waals surface area contributed by atoms with Gasteiger partial charge < -0.3 is 10.2 Å². The molecule has 0 heterocycles. The van der Waals surface area contributed by atoms with Crippen molar-refractivity contribution in [3.8, 4) is 5.75 Å². The number of carbonyl (C=O) groups excluding carboxylic acids is 2. The molecule has 4 nitrogen and oxygen atoms in total. The average molecular weight is 445 g/mol. The fraction of sp³-hybridized carbons (Fsp3) is 0.333. The Balaban J connectivity index is 1.55. The molecule has 164 valence electrons. The van der Waals surface area contributed by atoms with Crippen LogP contribution in [0, 0.1) is 5.92 Å². The van der Waals surface area contributed by atoms with Gasteiger partial charge >= 0.3 is 0 Å². The van der Waals surface area contributed by atoms with Gasteiger partial charge in [0.1, 0.15) is 5.75 Å². The highest BCUT2D eigenvalue weighted by atomic mass is 28.3. The molecule has 5 heteroatoms.